The van der Waals surface area contributed by atoms with Crippen molar-refractivity contribution in [2.75, 3.05) is 21.5 Å². The lowest BCUT2D eigenvalue weighted by atomic mass is 10.3. The quantitative estimate of drug-likeness (QED) is 0.295. The molecule has 2 N–H and O–H groups in total. The molecule has 3 aromatic carbocycles. The zero-order chi connectivity index (χ0) is 20.7. The standard InChI is InChI=1S/C24H33N2PSi2/c1-28(2,25-22-14-8-5-9-15-22)20-27(24-18-12-7-13-19-24)21-29(3,4)26-23-16-10-6-11-17-23/h5-19,25-26H,20-21H2,1-4H3. The minimum Gasteiger partial charge on any atom is -0.410 e. The maximum atomic E-state index is 3.90. The molecule has 0 radical (unpaired) electrons. The number of nitrogens with one attached hydrogen (secondary N) is 2. The molecule has 0 spiro atoms. The van der Waals surface area contributed by atoms with E-state index in [-0.39, 0.29) is 7.92 Å². The summed E-state index contributed by atoms with van der Waals surface area (Å²) in [4.78, 5) is 7.81. The van der Waals surface area contributed by atoms with Crippen molar-refractivity contribution in [2.45, 2.75) is 26.2 Å². The normalized spacial score (nSPS) is 12.0. The van der Waals surface area contributed by atoms with Gasteiger partial charge in [-0.1, -0.05) is 101 Å². The van der Waals surface area contributed by atoms with Gasteiger partial charge in [0.15, 0.2) is 16.5 Å². The van der Waals surface area contributed by atoms with E-state index >= 15 is 0 Å². The Morgan fingerprint density at radius 2 is 0.897 bits per heavy atom. The summed E-state index contributed by atoms with van der Waals surface area (Å²) in [6.45, 7) is 9.88. The molecule has 0 saturated carbocycles. The lowest BCUT2D eigenvalue weighted by Gasteiger charge is -2.35. The third kappa shape index (κ3) is 7.15. The summed E-state index contributed by atoms with van der Waals surface area (Å²) < 4.78 is 0. The van der Waals surface area contributed by atoms with Crippen molar-refractivity contribution in [3.63, 3.8) is 0 Å². The van der Waals surface area contributed by atoms with Crippen LogP contribution in [0.5, 0.6) is 0 Å². The summed E-state index contributed by atoms with van der Waals surface area (Å²) in [7, 11) is -3.44. The van der Waals surface area contributed by atoms with E-state index in [1.807, 2.05) is 0 Å². The summed E-state index contributed by atoms with van der Waals surface area (Å²) in [6, 6.07) is 32.6. The molecule has 29 heavy (non-hydrogen) atoms. The molecule has 0 saturated heterocycles. The highest BCUT2D eigenvalue weighted by molar-refractivity contribution is 7.70. The predicted octanol–water partition coefficient (Wildman–Crippen LogP) is 6.51. The third-order valence-corrected chi connectivity index (χ3v) is 17.1. The van der Waals surface area contributed by atoms with Crippen LogP contribution in [-0.4, -0.2) is 28.0 Å². The fraction of sp³-hybridized carbons (Fsp3) is 0.250. The van der Waals surface area contributed by atoms with Gasteiger partial charge in [0.05, 0.1) is 0 Å². The van der Waals surface area contributed by atoms with Crippen LogP contribution in [0, 0.1) is 0 Å². The van der Waals surface area contributed by atoms with Gasteiger partial charge < -0.3 is 9.96 Å². The number of para-hydroxylation sites is 2. The van der Waals surface area contributed by atoms with E-state index in [2.05, 4.69) is 127 Å². The van der Waals surface area contributed by atoms with Gasteiger partial charge in [-0.2, -0.15) is 0 Å². The second kappa shape index (κ2) is 9.75. The van der Waals surface area contributed by atoms with Crippen LogP contribution in [0.2, 0.25) is 26.2 Å². The van der Waals surface area contributed by atoms with E-state index in [4.69, 9.17) is 0 Å². The molecule has 0 bridgehead atoms. The third-order valence-electron chi connectivity index (χ3n) is 4.81. The van der Waals surface area contributed by atoms with Crippen LogP contribution in [0.15, 0.2) is 91.0 Å². The average molecular weight is 437 g/mol. The van der Waals surface area contributed by atoms with E-state index in [0.29, 0.717) is 0 Å². The topological polar surface area (TPSA) is 24.1 Å². The Labute approximate surface area is 179 Å². The second-order valence-electron chi connectivity index (χ2n) is 8.94. The Balaban J connectivity index is 1.77. The molecule has 3 rings (SSSR count). The number of rotatable bonds is 9. The summed E-state index contributed by atoms with van der Waals surface area (Å²) in [5, 5.41) is 1.54. The monoisotopic (exact) mass is 436 g/mol. The van der Waals surface area contributed by atoms with Crippen molar-refractivity contribution in [3.8, 4) is 0 Å². The Kier molecular flexibility index (Phi) is 7.34. The van der Waals surface area contributed by atoms with Gasteiger partial charge in [-0.25, -0.2) is 0 Å². The molecule has 2 nitrogen and oxygen atoms in total. The van der Waals surface area contributed by atoms with Gasteiger partial charge >= 0.3 is 0 Å². The molecule has 3 aromatic rings. The molecule has 0 fully saturated rings. The van der Waals surface area contributed by atoms with Crippen molar-refractivity contribution in [1.29, 1.82) is 0 Å². The van der Waals surface area contributed by atoms with Crippen molar-refractivity contribution < 1.29 is 0 Å². The maximum Gasteiger partial charge on any atom is 0.151 e. The smallest absolute Gasteiger partial charge is 0.151 e. The number of hydrogen-bond donors (Lipinski definition) is 2. The predicted molar refractivity (Wildman–Crippen MR) is 138 cm³/mol. The molecular weight excluding hydrogens is 403 g/mol. The first kappa shape index (κ1) is 21.8. The van der Waals surface area contributed by atoms with Gasteiger partial charge in [-0.05, 0) is 41.1 Å². The fourth-order valence-corrected chi connectivity index (χ4v) is 17.4. The molecule has 0 heterocycles. The maximum absolute atomic E-state index is 3.90. The molecule has 5 heteroatoms. The van der Waals surface area contributed by atoms with Gasteiger partial charge in [0.2, 0.25) is 0 Å². The van der Waals surface area contributed by atoms with E-state index < -0.39 is 16.5 Å². The molecule has 152 valence electrons. The Hall–Kier alpha value is -1.88. The Bertz CT molecular complexity index is 816. The molecule has 0 unspecified atom stereocenters. The van der Waals surface area contributed by atoms with Crippen LogP contribution in [0.1, 0.15) is 0 Å². The van der Waals surface area contributed by atoms with Gasteiger partial charge in [0.1, 0.15) is 0 Å². The first-order valence-electron chi connectivity index (χ1n) is 10.3. The molecular formula is C24H33N2PSi2. The van der Waals surface area contributed by atoms with Crippen LogP contribution in [0.25, 0.3) is 0 Å². The molecule has 0 atom stereocenters. The SMILES string of the molecule is C[Si](C)(CP(C[Si](C)(C)Nc1ccccc1)c1ccccc1)Nc1ccccc1. The van der Waals surface area contributed by atoms with Crippen LogP contribution in [-0.2, 0) is 0 Å². The summed E-state index contributed by atoms with van der Waals surface area (Å²) in [5.41, 5.74) is 2.51. The van der Waals surface area contributed by atoms with E-state index in [9.17, 15) is 0 Å². The Morgan fingerprint density at radius 3 is 1.28 bits per heavy atom. The minimum absolute atomic E-state index is 0.226. The van der Waals surface area contributed by atoms with Crippen molar-refractivity contribution in [2.24, 2.45) is 0 Å². The molecule has 0 aromatic heterocycles. The Morgan fingerprint density at radius 1 is 0.552 bits per heavy atom. The first-order chi connectivity index (χ1) is 13.8. The van der Waals surface area contributed by atoms with E-state index in [1.54, 1.807) is 0 Å². The van der Waals surface area contributed by atoms with E-state index in [1.165, 1.54) is 28.2 Å². The van der Waals surface area contributed by atoms with Crippen molar-refractivity contribution in [3.05, 3.63) is 91.0 Å². The van der Waals surface area contributed by atoms with Gasteiger partial charge in [-0.3, -0.25) is 0 Å². The highest BCUT2D eigenvalue weighted by Crippen LogP contribution is 2.40. The van der Waals surface area contributed by atoms with E-state index in [0.717, 1.165) is 0 Å². The van der Waals surface area contributed by atoms with Crippen LogP contribution in [0.3, 0.4) is 0 Å². The van der Waals surface area contributed by atoms with Gasteiger partial charge in [0.25, 0.3) is 0 Å². The zero-order valence-electron chi connectivity index (χ0n) is 18.0. The number of anilines is 2. The van der Waals surface area contributed by atoms with Crippen molar-refractivity contribution in [1.82, 2.24) is 0 Å². The fourth-order valence-electron chi connectivity index (χ4n) is 3.74. The largest absolute Gasteiger partial charge is 0.410 e. The lowest BCUT2D eigenvalue weighted by Crippen LogP contribution is -2.46. The van der Waals surface area contributed by atoms with Gasteiger partial charge in [0, 0.05) is 11.4 Å². The van der Waals surface area contributed by atoms with Crippen molar-refractivity contribution >= 4 is 41.1 Å². The molecule has 0 aliphatic carbocycles. The van der Waals surface area contributed by atoms with Gasteiger partial charge in [-0.15, -0.1) is 0 Å². The number of hydrogen-bond acceptors (Lipinski definition) is 2. The number of benzene rings is 3. The highest BCUT2D eigenvalue weighted by Gasteiger charge is 2.32. The molecule has 0 aliphatic heterocycles. The summed E-state index contributed by atoms with van der Waals surface area (Å²) in [6.07, 6.45) is 0. The zero-order valence-corrected chi connectivity index (χ0v) is 20.9. The van der Waals surface area contributed by atoms with Crippen LogP contribution in [0.4, 0.5) is 11.4 Å². The summed E-state index contributed by atoms with van der Waals surface area (Å²) >= 11 is 0. The van der Waals surface area contributed by atoms with Crippen LogP contribution < -0.4 is 15.3 Å². The average Bonchev–Trinajstić information content (AvgIpc) is 2.68. The first-order valence-corrected chi connectivity index (χ1v) is 18.4. The second-order valence-corrected chi connectivity index (χ2v) is 21.1. The minimum atomic E-state index is -1.61. The lowest BCUT2D eigenvalue weighted by molar-refractivity contribution is 1.53. The van der Waals surface area contributed by atoms with Crippen LogP contribution >= 0.6 is 7.92 Å². The summed E-state index contributed by atoms with van der Waals surface area (Å²) in [5.74, 6) is 2.57. The highest BCUT2D eigenvalue weighted by atomic mass is 31.1. The molecule has 0 amide bonds. The molecule has 0 aliphatic rings.